The third kappa shape index (κ3) is 3.57. The van der Waals surface area contributed by atoms with Crippen LogP contribution >= 0.6 is 11.6 Å². The van der Waals surface area contributed by atoms with Gasteiger partial charge in [-0.2, -0.15) is 0 Å². The van der Waals surface area contributed by atoms with Crippen LogP contribution in [0.3, 0.4) is 0 Å². The van der Waals surface area contributed by atoms with Crippen LogP contribution in [0.25, 0.3) is 0 Å². The first-order chi connectivity index (χ1) is 12.6. The molecule has 3 heterocycles. The van der Waals surface area contributed by atoms with Crippen molar-refractivity contribution in [3.63, 3.8) is 0 Å². The molecule has 0 aliphatic carbocycles. The Bertz CT molecular complexity index is 820. The summed E-state index contributed by atoms with van der Waals surface area (Å²) in [5.74, 6) is 1.61. The number of nitrogens with one attached hydrogen (secondary N) is 1. The number of aryl methyl sites for hydroxylation is 1. The molecule has 6 nitrogen and oxygen atoms in total. The minimum Gasteiger partial charge on any atom is -0.491 e. The van der Waals surface area contributed by atoms with E-state index >= 15 is 0 Å². The number of nitrogens with zero attached hydrogens (tertiary/aromatic N) is 2. The Labute approximate surface area is 157 Å². The van der Waals surface area contributed by atoms with Crippen LogP contribution in [0, 0.1) is 0 Å². The molecule has 138 valence electrons. The number of imidazole rings is 1. The summed E-state index contributed by atoms with van der Waals surface area (Å²) in [6.45, 7) is 3.90. The molecule has 1 aromatic carbocycles. The van der Waals surface area contributed by atoms with E-state index in [0.717, 1.165) is 36.5 Å². The third-order valence-corrected chi connectivity index (χ3v) is 5.08. The molecular weight excluding hydrogens is 354 g/mol. The largest absolute Gasteiger partial charge is 0.491 e. The predicted molar refractivity (Wildman–Crippen MR) is 97.9 cm³/mol. The summed E-state index contributed by atoms with van der Waals surface area (Å²) < 4.78 is 13.5. The number of rotatable bonds is 4. The van der Waals surface area contributed by atoms with E-state index in [1.165, 1.54) is 0 Å². The summed E-state index contributed by atoms with van der Waals surface area (Å²) in [5.41, 5.74) is 1.46. The van der Waals surface area contributed by atoms with Crippen LogP contribution in [0.5, 0.6) is 5.75 Å². The molecule has 2 atom stereocenters. The number of hydrogen-bond donors (Lipinski definition) is 1. The van der Waals surface area contributed by atoms with Gasteiger partial charge in [-0.25, -0.2) is 4.98 Å². The van der Waals surface area contributed by atoms with E-state index < -0.39 is 0 Å². The van der Waals surface area contributed by atoms with Crippen molar-refractivity contribution in [3.05, 3.63) is 46.5 Å². The standard InChI is InChI=1S/C19H22ClN3O3/c1-2-25-15-4-6-18-22-16(10-23(18)9-15)19(24)21-14-8-12-7-13(20)3-5-17(12)26-11-14/h3,5,7,10,14-15H,2,4,6,8-9,11H2,1H3,(H,21,24). The number of amides is 1. The number of carbonyl (C=O) groups excluding carboxylic acids is 1. The van der Waals surface area contributed by atoms with Gasteiger partial charge in [-0.1, -0.05) is 11.6 Å². The van der Waals surface area contributed by atoms with E-state index in [1.54, 1.807) is 0 Å². The van der Waals surface area contributed by atoms with E-state index in [0.29, 0.717) is 30.4 Å². The molecule has 0 saturated carbocycles. The van der Waals surface area contributed by atoms with Gasteiger partial charge in [-0.05, 0) is 43.5 Å². The second-order valence-electron chi connectivity index (χ2n) is 6.75. The molecule has 1 N–H and O–H groups in total. The van der Waals surface area contributed by atoms with Gasteiger partial charge >= 0.3 is 0 Å². The van der Waals surface area contributed by atoms with Crippen molar-refractivity contribution >= 4 is 17.5 Å². The van der Waals surface area contributed by atoms with Gasteiger partial charge < -0.3 is 19.4 Å². The summed E-state index contributed by atoms with van der Waals surface area (Å²) in [5, 5.41) is 3.70. The van der Waals surface area contributed by atoms with E-state index in [2.05, 4.69) is 10.3 Å². The molecule has 4 rings (SSSR count). The first-order valence-corrected chi connectivity index (χ1v) is 9.40. The smallest absolute Gasteiger partial charge is 0.271 e. The van der Waals surface area contributed by atoms with Gasteiger partial charge in [-0.15, -0.1) is 0 Å². The van der Waals surface area contributed by atoms with Crippen molar-refractivity contribution in [2.45, 2.75) is 44.9 Å². The van der Waals surface area contributed by atoms with Gasteiger partial charge in [0.15, 0.2) is 0 Å². The van der Waals surface area contributed by atoms with Crippen molar-refractivity contribution < 1.29 is 14.3 Å². The van der Waals surface area contributed by atoms with Crippen LogP contribution in [0.15, 0.2) is 24.4 Å². The highest BCUT2D eigenvalue weighted by Crippen LogP contribution is 2.27. The van der Waals surface area contributed by atoms with Gasteiger partial charge in [0.2, 0.25) is 0 Å². The van der Waals surface area contributed by atoms with Crippen LogP contribution in [-0.2, 0) is 24.1 Å². The number of ether oxygens (including phenoxy) is 2. The zero-order valence-corrected chi connectivity index (χ0v) is 15.5. The molecule has 0 spiro atoms. The minimum absolute atomic E-state index is 0.0941. The molecule has 26 heavy (non-hydrogen) atoms. The van der Waals surface area contributed by atoms with E-state index in [9.17, 15) is 4.79 Å². The monoisotopic (exact) mass is 375 g/mol. The van der Waals surface area contributed by atoms with Crippen LogP contribution in [0.2, 0.25) is 5.02 Å². The summed E-state index contributed by atoms with van der Waals surface area (Å²) in [4.78, 5) is 17.1. The van der Waals surface area contributed by atoms with E-state index in [-0.39, 0.29) is 18.1 Å². The van der Waals surface area contributed by atoms with Crippen molar-refractivity contribution in [1.82, 2.24) is 14.9 Å². The maximum Gasteiger partial charge on any atom is 0.271 e. The van der Waals surface area contributed by atoms with Gasteiger partial charge in [0, 0.05) is 24.2 Å². The van der Waals surface area contributed by atoms with Crippen LogP contribution in [0.4, 0.5) is 0 Å². The first-order valence-electron chi connectivity index (χ1n) is 9.02. The number of hydrogen-bond acceptors (Lipinski definition) is 4. The first kappa shape index (κ1) is 17.4. The fraction of sp³-hybridized carbons (Fsp3) is 0.474. The molecule has 2 aliphatic heterocycles. The van der Waals surface area contributed by atoms with E-state index in [4.69, 9.17) is 21.1 Å². The minimum atomic E-state index is -0.168. The molecule has 0 fully saturated rings. The highest BCUT2D eigenvalue weighted by molar-refractivity contribution is 6.30. The molecular formula is C19H22ClN3O3. The summed E-state index contributed by atoms with van der Waals surface area (Å²) in [6.07, 6.45) is 4.49. The van der Waals surface area contributed by atoms with Crippen LogP contribution in [0.1, 0.15) is 35.2 Å². The summed E-state index contributed by atoms with van der Waals surface area (Å²) in [7, 11) is 0. The number of fused-ring (bicyclic) bond motifs is 2. The quantitative estimate of drug-likeness (QED) is 0.892. The number of halogens is 1. The van der Waals surface area contributed by atoms with E-state index in [1.807, 2.05) is 35.9 Å². The Morgan fingerprint density at radius 2 is 2.38 bits per heavy atom. The van der Waals surface area contributed by atoms with Gasteiger partial charge in [0.25, 0.3) is 5.91 Å². The molecule has 1 amide bonds. The normalized spacial score (nSPS) is 21.5. The maximum absolute atomic E-state index is 12.6. The van der Waals surface area contributed by atoms with Gasteiger partial charge in [-0.3, -0.25) is 4.79 Å². The second kappa shape index (κ2) is 7.29. The number of aromatic nitrogens is 2. The van der Waals surface area contributed by atoms with Gasteiger partial charge in [0.1, 0.15) is 23.9 Å². The lowest BCUT2D eigenvalue weighted by Crippen LogP contribution is -2.42. The molecule has 2 aliphatic rings. The van der Waals surface area contributed by atoms with Crippen molar-refractivity contribution in [2.24, 2.45) is 0 Å². The molecule has 0 saturated heterocycles. The fourth-order valence-corrected chi connectivity index (χ4v) is 3.80. The van der Waals surface area contributed by atoms with Crippen molar-refractivity contribution in [2.75, 3.05) is 13.2 Å². The molecule has 0 bridgehead atoms. The highest BCUT2D eigenvalue weighted by Gasteiger charge is 2.25. The van der Waals surface area contributed by atoms with Gasteiger partial charge in [0.05, 0.1) is 18.7 Å². The lowest BCUT2D eigenvalue weighted by Gasteiger charge is -2.26. The third-order valence-electron chi connectivity index (χ3n) is 4.85. The zero-order valence-electron chi connectivity index (χ0n) is 14.7. The number of benzene rings is 1. The Kier molecular flexibility index (Phi) is 4.87. The maximum atomic E-state index is 12.6. The Balaban J connectivity index is 1.42. The Hall–Kier alpha value is -2.05. The molecule has 2 aromatic rings. The topological polar surface area (TPSA) is 65.4 Å². The SMILES string of the molecule is CCOC1CCc2nc(C(=O)NC3COc4ccc(Cl)cc4C3)cn2C1. The Morgan fingerprint density at radius 1 is 1.50 bits per heavy atom. The highest BCUT2D eigenvalue weighted by atomic mass is 35.5. The summed E-state index contributed by atoms with van der Waals surface area (Å²) >= 11 is 6.05. The van der Waals surface area contributed by atoms with Crippen molar-refractivity contribution in [1.29, 1.82) is 0 Å². The van der Waals surface area contributed by atoms with Crippen LogP contribution in [-0.4, -0.2) is 40.8 Å². The lowest BCUT2D eigenvalue weighted by molar-refractivity contribution is 0.0363. The molecule has 7 heteroatoms. The predicted octanol–water partition coefficient (Wildman–Crippen LogP) is 2.62. The fourth-order valence-electron chi connectivity index (χ4n) is 3.61. The average Bonchev–Trinajstić information content (AvgIpc) is 3.05. The lowest BCUT2D eigenvalue weighted by atomic mass is 10.0. The molecule has 0 radical (unpaired) electrons. The average molecular weight is 376 g/mol. The Morgan fingerprint density at radius 3 is 3.23 bits per heavy atom. The molecule has 1 aromatic heterocycles. The van der Waals surface area contributed by atoms with Crippen LogP contribution < -0.4 is 10.1 Å². The zero-order chi connectivity index (χ0) is 18.1. The second-order valence-corrected chi connectivity index (χ2v) is 7.18. The summed E-state index contributed by atoms with van der Waals surface area (Å²) in [6, 6.07) is 5.47. The van der Waals surface area contributed by atoms with Crippen molar-refractivity contribution in [3.8, 4) is 5.75 Å². The molecule has 2 unspecified atom stereocenters. The number of carbonyl (C=O) groups is 1.